The van der Waals surface area contributed by atoms with E-state index in [9.17, 15) is 4.79 Å². The van der Waals surface area contributed by atoms with Gasteiger partial charge in [0.05, 0.1) is 13.7 Å². The number of aryl methyl sites for hydroxylation is 1. The molecule has 0 spiro atoms. The van der Waals surface area contributed by atoms with Crippen LogP contribution >= 0.6 is 0 Å². The van der Waals surface area contributed by atoms with Crippen LogP contribution < -0.4 is 4.90 Å². The molecule has 0 saturated heterocycles. The fourth-order valence-corrected chi connectivity index (χ4v) is 1.97. The smallest absolute Gasteiger partial charge is 0.343 e. The normalized spacial score (nSPS) is 14.3. The van der Waals surface area contributed by atoms with Gasteiger partial charge in [0.15, 0.2) is 0 Å². The van der Waals surface area contributed by atoms with Crippen molar-refractivity contribution in [1.82, 2.24) is 9.97 Å². The Morgan fingerprint density at radius 1 is 1.47 bits per heavy atom. The fourth-order valence-electron chi connectivity index (χ4n) is 1.97. The molecule has 1 aromatic heterocycles. The van der Waals surface area contributed by atoms with Crippen molar-refractivity contribution >= 4 is 11.8 Å². The molecule has 0 N–H and O–H groups in total. The third-order valence-corrected chi connectivity index (χ3v) is 3.09. The van der Waals surface area contributed by atoms with Crippen molar-refractivity contribution < 1.29 is 14.3 Å². The molecule has 1 aromatic rings. The highest BCUT2D eigenvalue weighted by atomic mass is 16.5. The quantitative estimate of drug-likeness (QED) is 0.720. The molecule has 0 atom stereocenters. The van der Waals surface area contributed by atoms with E-state index >= 15 is 0 Å². The van der Waals surface area contributed by atoms with Gasteiger partial charge >= 0.3 is 5.97 Å². The van der Waals surface area contributed by atoms with Crippen molar-refractivity contribution in [1.29, 1.82) is 0 Å². The first-order valence-electron chi connectivity index (χ1n) is 6.35. The molecule has 1 heterocycles. The number of anilines is 1. The monoisotopic (exact) mass is 265 g/mol. The van der Waals surface area contributed by atoms with E-state index in [1.165, 1.54) is 13.3 Å². The second kappa shape index (κ2) is 5.97. The first-order valence-corrected chi connectivity index (χ1v) is 6.35. The predicted octanol–water partition coefficient (Wildman–Crippen LogP) is 1.19. The van der Waals surface area contributed by atoms with E-state index in [4.69, 9.17) is 9.47 Å². The molecule has 6 nitrogen and oxygen atoms in total. The van der Waals surface area contributed by atoms with E-state index in [1.807, 2.05) is 6.92 Å². The summed E-state index contributed by atoms with van der Waals surface area (Å²) in [4.78, 5) is 22.4. The van der Waals surface area contributed by atoms with Crippen molar-refractivity contribution in [3.05, 3.63) is 17.6 Å². The van der Waals surface area contributed by atoms with Crippen LogP contribution in [0.5, 0.6) is 0 Å². The Kier molecular flexibility index (Phi) is 4.31. The summed E-state index contributed by atoms with van der Waals surface area (Å²) in [5.41, 5.74) is 0.413. The maximum atomic E-state index is 11.8. The van der Waals surface area contributed by atoms with E-state index in [1.54, 1.807) is 7.11 Å². The Labute approximate surface area is 112 Å². The summed E-state index contributed by atoms with van der Waals surface area (Å²) in [6.45, 7) is 3.12. The van der Waals surface area contributed by atoms with Gasteiger partial charge in [-0.15, -0.1) is 0 Å². The van der Waals surface area contributed by atoms with Crippen LogP contribution in [0, 0.1) is 6.92 Å². The first kappa shape index (κ1) is 13.7. The van der Waals surface area contributed by atoms with Crippen LogP contribution in [-0.2, 0) is 9.47 Å². The number of methoxy groups -OCH3 is 2. The van der Waals surface area contributed by atoms with Gasteiger partial charge in [-0.25, -0.2) is 14.8 Å². The molecule has 1 aliphatic rings. The molecular weight excluding hydrogens is 246 g/mol. The molecule has 1 fully saturated rings. The number of carbonyl (C=O) groups excluding carboxylic acids is 1. The van der Waals surface area contributed by atoms with E-state index in [2.05, 4.69) is 14.9 Å². The maximum Gasteiger partial charge on any atom is 0.343 e. The second-order valence-corrected chi connectivity index (χ2v) is 4.56. The molecular formula is C13H19N3O3. The molecule has 104 valence electrons. The molecule has 6 heteroatoms. The van der Waals surface area contributed by atoms with Crippen LogP contribution in [0.4, 0.5) is 5.82 Å². The van der Waals surface area contributed by atoms with Gasteiger partial charge in [-0.3, -0.25) is 0 Å². The summed E-state index contributed by atoms with van der Waals surface area (Å²) < 4.78 is 9.92. The minimum Gasteiger partial charge on any atom is -0.465 e. The summed E-state index contributed by atoms with van der Waals surface area (Å²) in [7, 11) is 3.03. The van der Waals surface area contributed by atoms with Crippen LogP contribution in [0.1, 0.15) is 29.0 Å². The lowest BCUT2D eigenvalue weighted by Crippen LogP contribution is -2.32. The molecule has 19 heavy (non-hydrogen) atoms. The highest BCUT2D eigenvalue weighted by molar-refractivity contribution is 5.94. The first-order chi connectivity index (χ1) is 9.17. The second-order valence-electron chi connectivity index (χ2n) is 4.56. The van der Waals surface area contributed by atoms with Crippen LogP contribution in [0.3, 0.4) is 0 Å². The third kappa shape index (κ3) is 3.20. The lowest BCUT2D eigenvalue weighted by molar-refractivity contribution is 0.0600. The molecule has 2 rings (SSSR count). The average molecular weight is 265 g/mol. The van der Waals surface area contributed by atoms with Gasteiger partial charge in [0.1, 0.15) is 17.2 Å². The number of aromatic nitrogens is 2. The molecule has 0 aliphatic heterocycles. The van der Waals surface area contributed by atoms with E-state index in [-0.39, 0.29) is 0 Å². The molecule has 1 aliphatic carbocycles. The highest BCUT2D eigenvalue weighted by Crippen LogP contribution is 2.32. The minimum atomic E-state index is -0.405. The Morgan fingerprint density at radius 3 is 2.79 bits per heavy atom. The van der Waals surface area contributed by atoms with Crippen molar-refractivity contribution in [3.63, 3.8) is 0 Å². The Morgan fingerprint density at radius 2 is 2.21 bits per heavy atom. The van der Waals surface area contributed by atoms with Crippen LogP contribution in [-0.4, -0.2) is 49.4 Å². The van der Waals surface area contributed by atoms with Crippen molar-refractivity contribution in [2.75, 3.05) is 32.3 Å². The lowest BCUT2D eigenvalue weighted by atomic mass is 10.2. The molecule has 0 radical (unpaired) electrons. The zero-order chi connectivity index (χ0) is 13.8. The van der Waals surface area contributed by atoms with Crippen LogP contribution in [0.2, 0.25) is 0 Å². The minimum absolute atomic E-state index is 0.405. The van der Waals surface area contributed by atoms with Gasteiger partial charge in [0.25, 0.3) is 0 Å². The Bertz CT molecular complexity index is 460. The van der Waals surface area contributed by atoms with Gasteiger partial charge in [0.2, 0.25) is 0 Å². The fraction of sp³-hybridized carbons (Fsp3) is 0.615. The topological polar surface area (TPSA) is 64.5 Å². The number of nitrogens with zero attached hydrogens (tertiary/aromatic N) is 3. The summed E-state index contributed by atoms with van der Waals surface area (Å²) in [6, 6.07) is 0.438. The molecule has 0 bridgehead atoms. The highest BCUT2D eigenvalue weighted by Gasteiger charge is 2.32. The van der Waals surface area contributed by atoms with Gasteiger partial charge in [-0.2, -0.15) is 0 Å². The van der Waals surface area contributed by atoms with E-state index in [0.29, 0.717) is 36.4 Å². The summed E-state index contributed by atoms with van der Waals surface area (Å²) in [5, 5.41) is 0. The average Bonchev–Trinajstić information content (AvgIpc) is 3.23. The maximum absolute atomic E-state index is 11.8. The molecule has 0 amide bonds. The zero-order valence-corrected chi connectivity index (χ0v) is 11.5. The third-order valence-electron chi connectivity index (χ3n) is 3.09. The predicted molar refractivity (Wildman–Crippen MR) is 70.4 cm³/mol. The molecule has 0 unspecified atom stereocenters. The van der Waals surface area contributed by atoms with E-state index in [0.717, 1.165) is 12.8 Å². The van der Waals surface area contributed by atoms with E-state index < -0.39 is 5.97 Å². The number of hydrogen-bond donors (Lipinski definition) is 0. The largest absolute Gasteiger partial charge is 0.465 e. The lowest BCUT2D eigenvalue weighted by Gasteiger charge is -2.24. The van der Waals surface area contributed by atoms with Gasteiger partial charge in [-0.05, 0) is 19.8 Å². The molecule has 1 saturated carbocycles. The molecule has 0 aromatic carbocycles. The Balaban J connectivity index is 2.33. The Hall–Kier alpha value is -1.69. The van der Waals surface area contributed by atoms with Crippen molar-refractivity contribution in [2.45, 2.75) is 25.8 Å². The number of esters is 1. The summed E-state index contributed by atoms with van der Waals surface area (Å²) >= 11 is 0. The van der Waals surface area contributed by atoms with Gasteiger partial charge < -0.3 is 14.4 Å². The van der Waals surface area contributed by atoms with Crippen LogP contribution in [0.15, 0.2) is 6.20 Å². The number of ether oxygens (including phenoxy) is 2. The SMILES string of the molecule is COCCN(c1nc(C)ncc1C(=O)OC)C1CC1. The summed E-state index contributed by atoms with van der Waals surface area (Å²) in [6.07, 6.45) is 3.77. The zero-order valence-electron chi connectivity index (χ0n) is 11.5. The standard InChI is InChI=1S/C13H19N3O3/c1-9-14-8-11(13(17)19-3)12(15-9)16(6-7-18-2)10-4-5-10/h8,10H,4-7H2,1-3H3. The number of carbonyl (C=O) groups is 1. The van der Waals surface area contributed by atoms with Gasteiger partial charge in [0, 0.05) is 25.9 Å². The van der Waals surface area contributed by atoms with Crippen LogP contribution in [0.25, 0.3) is 0 Å². The summed E-state index contributed by atoms with van der Waals surface area (Å²) in [5.74, 6) is 0.891. The van der Waals surface area contributed by atoms with Crippen molar-refractivity contribution in [2.24, 2.45) is 0 Å². The van der Waals surface area contributed by atoms with Gasteiger partial charge in [-0.1, -0.05) is 0 Å². The number of rotatable bonds is 6. The van der Waals surface area contributed by atoms with Crippen molar-refractivity contribution in [3.8, 4) is 0 Å². The number of hydrogen-bond acceptors (Lipinski definition) is 6.